The summed E-state index contributed by atoms with van der Waals surface area (Å²) in [6, 6.07) is 1.53. The van der Waals surface area contributed by atoms with Gasteiger partial charge in [0.25, 0.3) is 11.5 Å². The van der Waals surface area contributed by atoms with Gasteiger partial charge in [0.15, 0.2) is 5.65 Å². The molecule has 0 aromatic carbocycles. The van der Waals surface area contributed by atoms with E-state index in [1.54, 1.807) is 13.0 Å². The predicted octanol–water partition coefficient (Wildman–Crippen LogP) is 0.695. The van der Waals surface area contributed by atoms with Crippen LogP contribution in [0.5, 0.6) is 0 Å². The van der Waals surface area contributed by atoms with E-state index in [1.165, 1.54) is 4.57 Å². The molecule has 1 aliphatic carbocycles. The molecule has 0 saturated heterocycles. The molecule has 1 amide bonds. The second-order valence-electron chi connectivity index (χ2n) is 7.10. The Bertz CT molecular complexity index is 956. The molecule has 1 unspecified atom stereocenters. The maximum atomic E-state index is 12.9. The lowest BCUT2D eigenvalue weighted by Gasteiger charge is -2.18. The third-order valence-corrected chi connectivity index (χ3v) is 4.88. The second-order valence-corrected chi connectivity index (χ2v) is 7.10. The van der Waals surface area contributed by atoms with Crippen molar-refractivity contribution in [1.29, 1.82) is 0 Å². The van der Waals surface area contributed by atoms with Crippen molar-refractivity contribution in [2.45, 2.75) is 52.1 Å². The minimum Gasteiger partial charge on any atom is -0.348 e. The molecule has 1 atom stereocenters. The molecule has 4 N–H and O–H groups in total. The number of aryl methyl sites for hydroxylation is 1. The predicted molar refractivity (Wildman–Crippen MR) is 99.4 cm³/mol. The van der Waals surface area contributed by atoms with Gasteiger partial charge in [-0.2, -0.15) is 0 Å². The zero-order chi connectivity index (χ0) is 19.0. The molecular formula is C18H25N5O3. The lowest BCUT2D eigenvalue weighted by Crippen LogP contribution is -2.42. The van der Waals surface area contributed by atoms with Gasteiger partial charge < -0.3 is 11.1 Å². The molecule has 140 valence electrons. The standard InChI is InChI=1S/C18H25N5O3/c1-4-23-15-14(17(25)22-18(23)26)11(7-12(20-15)9(2)3)16(24)21-13(8-19)10-5-6-10/h7,9-10,13H,4-6,8,19H2,1-3H3,(H,21,24)(H,22,25,26). The quantitative estimate of drug-likeness (QED) is 0.700. The smallest absolute Gasteiger partial charge is 0.329 e. The van der Waals surface area contributed by atoms with E-state index < -0.39 is 11.2 Å². The highest BCUT2D eigenvalue weighted by atomic mass is 16.2. The van der Waals surface area contributed by atoms with Crippen LogP contribution in [0.1, 0.15) is 55.6 Å². The zero-order valence-electron chi connectivity index (χ0n) is 15.3. The summed E-state index contributed by atoms with van der Waals surface area (Å²) in [4.78, 5) is 44.3. The number of nitrogens with zero attached hydrogens (tertiary/aromatic N) is 2. The van der Waals surface area contributed by atoms with Crippen LogP contribution < -0.4 is 22.3 Å². The molecule has 0 spiro atoms. The number of aromatic amines is 1. The van der Waals surface area contributed by atoms with Gasteiger partial charge in [-0.05, 0) is 37.7 Å². The van der Waals surface area contributed by atoms with Gasteiger partial charge in [0.05, 0.1) is 10.9 Å². The van der Waals surface area contributed by atoms with Crippen molar-refractivity contribution in [3.63, 3.8) is 0 Å². The van der Waals surface area contributed by atoms with Crippen LogP contribution >= 0.6 is 0 Å². The van der Waals surface area contributed by atoms with E-state index in [0.29, 0.717) is 24.7 Å². The summed E-state index contributed by atoms with van der Waals surface area (Å²) in [6.07, 6.45) is 2.10. The Kier molecular flexibility index (Phi) is 4.95. The molecule has 8 nitrogen and oxygen atoms in total. The lowest BCUT2D eigenvalue weighted by atomic mass is 10.0. The minimum absolute atomic E-state index is 0.0411. The number of nitrogens with two attached hydrogens (primary N) is 1. The fourth-order valence-electron chi connectivity index (χ4n) is 3.18. The Hall–Kier alpha value is -2.48. The van der Waals surface area contributed by atoms with Gasteiger partial charge in [0.1, 0.15) is 0 Å². The van der Waals surface area contributed by atoms with Crippen LogP contribution in [0.2, 0.25) is 0 Å². The number of pyridine rings is 1. The average molecular weight is 359 g/mol. The number of nitrogens with one attached hydrogen (secondary N) is 2. The number of H-pyrrole nitrogens is 1. The molecule has 0 bridgehead atoms. The average Bonchev–Trinajstić information content (AvgIpc) is 3.43. The summed E-state index contributed by atoms with van der Waals surface area (Å²) in [5.74, 6) is 0.0848. The first-order valence-corrected chi connectivity index (χ1v) is 9.06. The third-order valence-electron chi connectivity index (χ3n) is 4.88. The van der Waals surface area contributed by atoms with Crippen molar-refractivity contribution >= 4 is 16.9 Å². The highest BCUT2D eigenvalue weighted by Crippen LogP contribution is 2.32. The van der Waals surface area contributed by atoms with E-state index in [-0.39, 0.29) is 34.5 Å². The van der Waals surface area contributed by atoms with Crippen LogP contribution in [0.3, 0.4) is 0 Å². The molecule has 1 saturated carbocycles. The van der Waals surface area contributed by atoms with Gasteiger partial charge in [0.2, 0.25) is 0 Å². The summed E-state index contributed by atoms with van der Waals surface area (Å²) in [7, 11) is 0. The Balaban J connectivity index is 2.21. The van der Waals surface area contributed by atoms with Crippen LogP contribution in [0.25, 0.3) is 11.0 Å². The van der Waals surface area contributed by atoms with Crippen LogP contribution in [0.15, 0.2) is 15.7 Å². The molecule has 26 heavy (non-hydrogen) atoms. The molecule has 8 heteroatoms. The first kappa shape index (κ1) is 18.3. The van der Waals surface area contributed by atoms with E-state index in [9.17, 15) is 14.4 Å². The Labute approximate surface area is 150 Å². The summed E-state index contributed by atoms with van der Waals surface area (Å²) in [5, 5.41) is 3.09. The van der Waals surface area contributed by atoms with Gasteiger partial charge in [-0.3, -0.25) is 19.1 Å². The maximum Gasteiger partial charge on any atom is 0.329 e. The number of aromatic nitrogens is 3. The molecule has 1 fully saturated rings. The van der Waals surface area contributed by atoms with E-state index in [4.69, 9.17) is 5.73 Å². The van der Waals surface area contributed by atoms with E-state index in [2.05, 4.69) is 15.3 Å². The number of amides is 1. The Morgan fingerprint density at radius 1 is 1.42 bits per heavy atom. The highest BCUT2D eigenvalue weighted by molar-refractivity contribution is 6.05. The van der Waals surface area contributed by atoms with Gasteiger partial charge in [-0.15, -0.1) is 0 Å². The summed E-state index contributed by atoms with van der Waals surface area (Å²) in [6.45, 7) is 6.39. The Morgan fingerprint density at radius 2 is 2.12 bits per heavy atom. The molecule has 0 radical (unpaired) electrons. The summed E-state index contributed by atoms with van der Waals surface area (Å²) in [5.41, 5.74) is 5.80. The number of fused-ring (bicyclic) bond motifs is 1. The van der Waals surface area contributed by atoms with Gasteiger partial charge in [-0.1, -0.05) is 13.8 Å². The van der Waals surface area contributed by atoms with Gasteiger partial charge in [-0.25, -0.2) is 9.78 Å². The molecule has 1 aliphatic rings. The molecule has 0 aliphatic heterocycles. The number of carbonyl (C=O) groups is 1. The van der Waals surface area contributed by atoms with Crippen molar-refractivity contribution in [2.24, 2.45) is 11.7 Å². The van der Waals surface area contributed by atoms with Crippen LogP contribution in [0, 0.1) is 5.92 Å². The topological polar surface area (TPSA) is 123 Å². The molecular weight excluding hydrogens is 334 g/mol. The van der Waals surface area contributed by atoms with Crippen molar-refractivity contribution in [3.8, 4) is 0 Å². The largest absolute Gasteiger partial charge is 0.348 e. The molecule has 2 aromatic heterocycles. The fourth-order valence-corrected chi connectivity index (χ4v) is 3.18. The van der Waals surface area contributed by atoms with E-state index >= 15 is 0 Å². The monoisotopic (exact) mass is 359 g/mol. The molecule has 2 heterocycles. The van der Waals surface area contributed by atoms with Crippen LogP contribution in [-0.4, -0.2) is 33.0 Å². The van der Waals surface area contributed by atoms with Crippen molar-refractivity contribution < 1.29 is 4.79 Å². The Morgan fingerprint density at radius 3 is 2.65 bits per heavy atom. The van der Waals surface area contributed by atoms with Crippen molar-refractivity contribution in [2.75, 3.05) is 6.54 Å². The number of hydrogen-bond donors (Lipinski definition) is 3. The van der Waals surface area contributed by atoms with Gasteiger partial charge >= 0.3 is 5.69 Å². The number of carbonyl (C=O) groups excluding carboxylic acids is 1. The van der Waals surface area contributed by atoms with E-state index in [1.807, 2.05) is 13.8 Å². The fraction of sp³-hybridized carbons (Fsp3) is 0.556. The van der Waals surface area contributed by atoms with E-state index in [0.717, 1.165) is 12.8 Å². The number of hydrogen-bond acceptors (Lipinski definition) is 5. The first-order valence-electron chi connectivity index (χ1n) is 9.06. The first-order chi connectivity index (χ1) is 12.4. The summed E-state index contributed by atoms with van der Waals surface area (Å²) < 4.78 is 1.38. The zero-order valence-corrected chi connectivity index (χ0v) is 15.3. The second kappa shape index (κ2) is 7.03. The lowest BCUT2D eigenvalue weighted by molar-refractivity contribution is 0.0935. The van der Waals surface area contributed by atoms with Crippen molar-refractivity contribution in [3.05, 3.63) is 38.2 Å². The maximum absolute atomic E-state index is 12.9. The SMILES string of the molecule is CCn1c(=O)[nH]c(=O)c2c(C(=O)NC(CN)C3CC3)cc(C(C)C)nc21. The van der Waals surface area contributed by atoms with Crippen LogP contribution in [-0.2, 0) is 6.54 Å². The molecule has 3 rings (SSSR count). The highest BCUT2D eigenvalue weighted by Gasteiger charge is 2.32. The third kappa shape index (κ3) is 3.29. The summed E-state index contributed by atoms with van der Waals surface area (Å²) >= 11 is 0. The van der Waals surface area contributed by atoms with Crippen LogP contribution in [0.4, 0.5) is 0 Å². The molecule has 2 aromatic rings. The minimum atomic E-state index is -0.599. The van der Waals surface area contributed by atoms with Crippen molar-refractivity contribution in [1.82, 2.24) is 19.9 Å². The number of rotatable bonds is 6. The normalized spacial score (nSPS) is 15.4. The van der Waals surface area contributed by atoms with Gasteiger partial charge in [0, 0.05) is 24.8 Å².